The van der Waals surface area contributed by atoms with Gasteiger partial charge in [-0.15, -0.1) is 0 Å². The molecule has 20 heavy (non-hydrogen) atoms. The Bertz CT molecular complexity index is 484. The third-order valence-corrected chi connectivity index (χ3v) is 3.62. The van der Waals surface area contributed by atoms with Gasteiger partial charge in [0, 0.05) is 24.8 Å². The maximum absolute atomic E-state index is 12.3. The molecule has 4 nitrogen and oxygen atoms in total. The van der Waals surface area contributed by atoms with Crippen LogP contribution in [0.25, 0.3) is 0 Å². The molecular formula is C15H22ClN3O. The van der Waals surface area contributed by atoms with Crippen LogP contribution >= 0.6 is 11.6 Å². The number of hydrogen-bond donors (Lipinski definition) is 1. The first-order valence-electron chi connectivity index (χ1n) is 7.04. The van der Waals surface area contributed by atoms with Gasteiger partial charge in [0.15, 0.2) is 0 Å². The smallest absolute Gasteiger partial charge is 0.225 e. The number of amides is 1. The van der Waals surface area contributed by atoms with E-state index in [4.69, 9.17) is 11.6 Å². The molecule has 0 spiro atoms. The highest BCUT2D eigenvalue weighted by Gasteiger charge is 2.29. The number of nitrogens with one attached hydrogen (secondary N) is 1. The molecule has 0 aliphatic carbocycles. The fraction of sp³-hybridized carbons (Fsp3) is 0.600. The van der Waals surface area contributed by atoms with E-state index in [1.165, 1.54) is 0 Å². The molecule has 0 aromatic carbocycles. The van der Waals surface area contributed by atoms with E-state index < -0.39 is 0 Å². The van der Waals surface area contributed by atoms with Crippen molar-refractivity contribution in [1.29, 1.82) is 0 Å². The summed E-state index contributed by atoms with van der Waals surface area (Å²) in [5.41, 5.74) is -0.192. The SMILES string of the molecule is CC(C)(C)NC(=O)C1CCCN(c2ncccc2Cl)C1. The van der Waals surface area contributed by atoms with E-state index in [1.807, 2.05) is 32.9 Å². The second-order valence-corrected chi connectivity index (χ2v) is 6.74. The maximum atomic E-state index is 12.3. The number of halogens is 1. The van der Waals surface area contributed by atoms with Gasteiger partial charge in [0.05, 0.1) is 10.9 Å². The predicted molar refractivity (Wildman–Crippen MR) is 82.1 cm³/mol. The molecule has 0 bridgehead atoms. The minimum absolute atomic E-state index is 0.000970. The van der Waals surface area contributed by atoms with Crippen LogP contribution in [0.5, 0.6) is 0 Å². The number of aromatic nitrogens is 1. The zero-order valence-corrected chi connectivity index (χ0v) is 13.1. The molecule has 1 unspecified atom stereocenters. The van der Waals surface area contributed by atoms with E-state index in [2.05, 4.69) is 15.2 Å². The number of carbonyl (C=O) groups excluding carboxylic acids is 1. The Kier molecular flexibility index (Phi) is 4.53. The first-order chi connectivity index (χ1) is 9.37. The van der Waals surface area contributed by atoms with Crippen molar-refractivity contribution in [3.05, 3.63) is 23.4 Å². The number of nitrogens with zero attached hydrogens (tertiary/aromatic N) is 2. The van der Waals surface area contributed by atoms with Crippen LogP contribution in [0.2, 0.25) is 5.02 Å². The van der Waals surface area contributed by atoms with Gasteiger partial charge in [-0.05, 0) is 45.7 Å². The van der Waals surface area contributed by atoms with E-state index in [0.29, 0.717) is 11.6 Å². The molecule has 1 fully saturated rings. The summed E-state index contributed by atoms with van der Waals surface area (Å²) in [6, 6.07) is 3.66. The van der Waals surface area contributed by atoms with E-state index in [-0.39, 0.29) is 17.4 Å². The molecule has 1 aromatic heterocycles. The summed E-state index contributed by atoms with van der Waals surface area (Å²) >= 11 is 6.19. The van der Waals surface area contributed by atoms with E-state index in [9.17, 15) is 4.79 Å². The first kappa shape index (κ1) is 15.1. The van der Waals surface area contributed by atoms with Crippen molar-refractivity contribution < 1.29 is 4.79 Å². The Morgan fingerprint density at radius 3 is 2.90 bits per heavy atom. The summed E-state index contributed by atoms with van der Waals surface area (Å²) in [5, 5.41) is 3.70. The van der Waals surface area contributed by atoms with Crippen LogP contribution in [0.15, 0.2) is 18.3 Å². The number of piperidine rings is 1. The first-order valence-corrected chi connectivity index (χ1v) is 7.42. The van der Waals surface area contributed by atoms with Crippen molar-refractivity contribution >= 4 is 23.3 Å². The highest BCUT2D eigenvalue weighted by atomic mass is 35.5. The largest absolute Gasteiger partial charge is 0.355 e. The zero-order valence-electron chi connectivity index (χ0n) is 12.3. The van der Waals surface area contributed by atoms with Gasteiger partial charge >= 0.3 is 0 Å². The Balaban J connectivity index is 2.06. The van der Waals surface area contributed by atoms with Crippen molar-refractivity contribution in [2.24, 2.45) is 5.92 Å². The Hall–Kier alpha value is -1.29. The molecule has 1 N–H and O–H groups in total. The van der Waals surface area contributed by atoms with Gasteiger partial charge in [0.25, 0.3) is 0 Å². The molecule has 2 heterocycles. The lowest BCUT2D eigenvalue weighted by atomic mass is 9.95. The molecule has 1 aromatic rings. The van der Waals surface area contributed by atoms with Gasteiger partial charge < -0.3 is 10.2 Å². The topological polar surface area (TPSA) is 45.2 Å². The number of hydrogen-bond acceptors (Lipinski definition) is 3. The van der Waals surface area contributed by atoms with Gasteiger partial charge in [-0.2, -0.15) is 0 Å². The lowest BCUT2D eigenvalue weighted by molar-refractivity contribution is -0.126. The van der Waals surface area contributed by atoms with Crippen molar-refractivity contribution in [3.63, 3.8) is 0 Å². The minimum atomic E-state index is -0.192. The summed E-state index contributed by atoms with van der Waals surface area (Å²) in [6.07, 6.45) is 3.64. The highest BCUT2D eigenvalue weighted by molar-refractivity contribution is 6.32. The molecule has 2 rings (SSSR count). The fourth-order valence-electron chi connectivity index (χ4n) is 2.47. The molecule has 5 heteroatoms. The average Bonchev–Trinajstić information content (AvgIpc) is 2.37. The average molecular weight is 296 g/mol. The van der Waals surface area contributed by atoms with Crippen LogP contribution in [-0.4, -0.2) is 29.5 Å². The number of carbonyl (C=O) groups is 1. The third kappa shape index (κ3) is 3.85. The third-order valence-electron chi connectivity index (χ3n) is 3.33. The van der Waals surface area contributed by atoms with Crippen LogP contribution in [0.4, 0.5) is 5.82 Å². The number of pyridine rings is 1. The van der Waals surface area contributed by atoms with Crippen molar-refractivity contribution in [2.45, 2.75) is 39.2 Å². The summed E-state index contributed by atoms with van der Waals surface area (Å²) in [5.74, 6) is 0.901. The molecule has 110 valence electrons. The molecule has 1 aliphatic rings. The minimum Gasteiger partial charge on any atom is -0.355 e. The summed E-state index contributed by atoms with van der Waals surface area (Å²) in [7, 11) is 0. The lowest BCUT2D eigenvalue weighted by Gasteiger charge is -2.34. The summed E-state index contributed by atoms with van der Waals surface area (Å²) < 4.78 is 0. The fourth-order valence-corrected chi connectivity index (χ4v) is 2.71. The summed E-state index contributed by atoms with van der Waals surface area (Å²) in [6.45, 7) is 7.58. The second kappa shape index (κ2) is 6.00. The van der Waals surface area contributed by atoms with Gasteiger partial charge in [-0.1, -0.05) is 11.6 Å². The standard InChI is InChI=1S/C15H22ClN3O/c1-15(2,3)18-14(20)11-6-5-9-19(10-11)13-12(16)7-4-8-17-13/h4,7-8,11H,5-6,9-10H2,1-3H3,(H,18,20). The van der Waals surface area contributed by atoms with Crippen molar-refractivity contribution in [3.8, 4) is 0 Å². The molecule has 1 aliphatic heterocycles. The summed E-state index contributed by atoms with van der Waals surface area (Å²) in [4.78, 5) is 18.7. The van der Waals surface area contributed by atoms with Crippen LogP contribution in [0, 0.1) is 5.92 Å². The molecular weight excluding hydrogens is 274 g/mol. The molecule has 0 radical (unpaired) electrons. The Morgan fingerprint density at radius 2 is 2.25 bits per heavy atom. The monoisotopic (exact) mass is 295 g/mol. The predicted octanol–water partition coefficient (Wildman–Crippen LogP) is 2.87. The maximum Gasteiger partial charge on any atom is 0.225 e. The van der Waals surface area contributed by atoms with Gasteiger partial charge in [-0.3, -0.25) is 4.79 Å². The zero-order chi connectivity index (χ0) is 14.8. The lowest BCUT2D eigenvalue weighted by Crippen LogP contribution is -2.48. The van der Waals surface area contributed by atoms with Crippen molar-refractivity contribution in [2.75, 3.05) is 18.0 Å². The van der Waals surface area contributed by atoms with E-state index >= 15 is 0 Å². The Labute approximate surface area is 125 Å². The van der Waals surface area contributed by atoms with Gasteiger partial charge in [-0.25, -0.2) is 4.98 Å². The number of anilines is 1. The van der Waals surface area contributed by atoms with Crippen LogP contribution in [0.3, 0.4) is 0 Å². The quantitative estimate of drug-likeness (QED) is 0.912. The van der Waals surface area contributed by atoms with Gasteiger partial charge in [0.2, 0.25) is 5.91 Å². The normalized spacial score (nSPS) is 19.8. The van der Waals surface area contributed by atoms with Crippen LogP contribution < -0.4 is 10.2 Å². The van der Waals surface area contributed by atoms with E-state index in [0.717, 1.165) is 25.2 Å². The molecule has 1 amide bonds. The number of rotatable bonds is 2. The molecule has 1 atom stereocenters. The molecule has 1 saturated heterocycles. The highest BCUT2D eigenvalue weighted by Crippen LogP contribution is 2.27. The Morgan fingerprint density at radius 1 is 1.50 bits per heavy atom. The van der Waals surface area contributed by atoms with Crippen LogP contribution in [0.1, 0.15) is 33.6 Å². The molecule has 0 saturated carbocycles. The van der Waals surface area contributed by atoms with Crippen molar-refractivity contribution in [1.82, 2.24) is 10.3 Å². The van der Waals surface area contributed by atoms with Crippen LogP contribution in [-0.2, 0) is 4.79 Å². The van der Waals surface area contributed by atoms with E-state index in [1.54, 1.807) is 6.20 Å². The second-order valence-electron chi connectivity index (χ2n) is 6.33. The van der Waals surface area contributed by atoms with Gasteiger partial charge in [0.1, 0.15) is 5.82 Å².